The second-order valence-corrected chi connectivity index (χ2v) is 7.76. The molecule has 162 valence electrons. The number of nitrogens with one attached hydrogen (secondary N) is 2. The van der Waals surface area contributed by atoms with E-state index in [2.05, 4.69) is 71.2 Å². The van der Waals surface area contributed by atoms with E-state index >= 15 is 0 Å². The van der Waals surface area contributed by atoms with Crippen LogP contribution in [0.2, 0.25) is 0 Å². The van der Waals surface area contributed by atoms with E-state index in [0.29, 0.717) is 5.92 Å². The van der Waals surface area contributed by atoms with Crippen LogP contribution in [0.4, 0.5) is 0 Å². The molecule has 4 rings (SSSR count). The Morgan fingerprint density at radius 2 is 1.94 bits per heavy atom. The first-order valence-corrected chi connectivity index (χ1v) is 11.1. The standard InChI is InChI=1S/C25H31N5O/c1-2-26-25(28-19-22-14-18-31-24(22)21-7-4-3-5-8-21)27-16-13-20-9-11-23(12-10-20)30-17-6-15-29-30/h3-12,15,17,22,24H,2,13-14,16,18-19H2,1H3,(H2,26,27,28). The van der Waals surface area contributed by atoms with E-state index in [4.69, 9.17) is 9.73 Å². The quantitative estimate of drug-likeness (QED) is 0.433. The Morgan fingerprint density at radius 3 is 2.68 bits per heavy atom. The van der Waals surface area contributed by atoms with Crippen molar-refractivity contribution >= 4 is 5.96 Å². The Kier molecular flexibility index (Phi) is 7.34. The maximum Gasteiger partial charge on any atom is 0.191 e. The molecule has 2 aromatic carbocycles. The first-order valence-electron chi connectivity index (χ1n) is 11.1. The van der Waals surface area contributed by atoms with Gasteiger partial charge in [-0.05, 0) is 49.1 Å². The normalized spacial score (nSPS) is 18.8. The number of benzene rings is 2. The fraction of sp³-hybridized carbons (Fsp3) is 0.360. The molecular formula is C25H31N5O. The van der Waals surface area contributed by atoms with E-state index in [1.54, 1.807) is 6.20 Å². The molecule has 6 heteroatoms. The molecular weight excluding hydrogens is 386 g/mol. The van der Waals surface area contributed by atoms with Crippen molar-refractivity contribution in [3.63, 3.8) is 0 Å². The first-order chi connectivity index (χ1) is 15.3. The fourth-order valence-corrected chi connectivity index (χ4v) is 3.94. The molecule has 2 atom stereocenters. The molecule has 0 bridgehead atoms. The van der Waals surface area contributed by atoms with Gasteiger partial charge in [0.2, 0.25) is 0 Å². The predicted octanol–water partition coefficient (Wildman–Crippen LogP) is 3.75. The number of aliphatic imine (C=N–C) groups is 1. The number of aromatic nitrogens is 2. The fourth-order valence-electron chi connectivity index (χ4n) is 3.94. The lowest BCUT2D eigenvalue weighted by atomic mass is 9.95. The Balaban J connectivity index is 1.30. The molecule has 0 saturated carbocycles. The summed E-state index contributed by atoms with van der Waals surface area (Å²) in [7, 11) is 0. The highest BCUT2D eigenvalue weighted by Crippen LogP contribution is 2.34. The summed E-state index contributed by atoms with van der Waals surface area (Å²) in [5.41, 5.74) is 3.60. The molecule has 0 radical (unpaired) electrons. The van der Waals surface area contributed by atoms with E-state index in [0.717, 1.165) is 50.7 Å². The van der Waals surface area contributed by atoms with Gasteiger partial charge in [0, 0.05) is 44.6 Å². The maximum atomic E-state index is 6.00. The van der Waals surface area contributed by atoms with Gasteiger partial charge in [0.1, 0.15) is 0 Å². The van der Waals surface area contributed by atoms with E-state index in [1.807, 2.05) is 23.0 Å². The average molecular weight is 418 g/mol. The van der Waals surface area contributed by atoms with Crippen molar-refractivity contribution in [2.45, 2.75) is 25.9 Å². The second kappa shape index (κ2) is 10.8. The Labute approximate surface area is 184 Å². The number of ether oxygens (including phenoxy) is 1. The molecule has 1 fully saturated rings. The van der Waals surface area contributed by atoms with Gasteiger partial charge in [-0.2, -0.15) is 5.10 Å². The number of hydrogen-bond donors (Lipinski definition) is 2. The lowest BCUT2D eigenvalue weighted by molar-refractivity contribution is 0.0925. The van der Waals surface area contributed by atoms with Crippen LogP contribution >= 0.6 is 0 Å². The largest absolute Gasteiger partial charge is 0.373 e. The summed E-state index contributed by atoms with van der Waals surface area (Å²) in [6.45, 7) is 5.33. The summed E-state index contributed by atoms with van der Waals surface area (Å²) < 4.78 is 7.87. The molecule has 1 aliphatic rings. The molecule has 2 unspecified atom stereocenters. The van der Waals surface area contributed by atoms with Crippen molar-refractivity contribution < 1.29 is 4.74 Å². The van der Waals surface area contributed by atoms with Crippen LogP contribution in [0.3, 0.4) is 0 Å². The lowest BCUT2D eigenvalue weighted by Crippen LogP contribution is -2.38. The van der Waals surface area contributed by atoms with Crippen LogP contribution in [0.5, 0.6) is 0 Å². The topological polar surface area (TPSA) is 63.5 Å². The summed E-state index contributed by atoms with van der Waals surface area (Å²) in [4.78, 5) is 4.85. The van der Waals surface area contributed by atoms with E-state index in [9.17, 15) is 0 Å². The molecule has 31 heavy (non-hydrogen) atoms. The van der Waals surface area contributed by atoms with Crippen molar-refractivity contribution in [1.29, 1.82) is 0 Å². The highest BCUT2D eigenvalue weighted by Gasteiger charge is 2.29. The SMILES string of the molecule is CCNC(=NCC1CCOC1c1ccccc1)NCCc1ccc(-n2cccn2)cc1. The van der Waals surface area contributed by atoms with Crippen LogP contribution in [-0.2, 0) is 11.2 Å². The van der Waals surface area contributed by atoms with Crippen molar-refractivity contribution in [1.82, 2.24) is 20.4 Å². The van der Waals surface area contributed by atoms with Crippen LogP contribution in [0.25, 0.3) is 5.69 Å². The van der Waals surface area contributed by atoms with Crippen LogP contribution in [0.15, 0.2) is 78.0 Å². The minimum Gasteiger partial charge on any atom is -0.373 e. The summed E-state index contributed by atoms with van der Waals surface area (Å²) in [6.07, 6.45) is 5.86. The highest BCUT2D eigenvalue weighted by atomic mass is 16.5. The van der Waals surface area contributed by atoms with Crippen molar-refractivity contribution in [2.24, 2.45) is 10.9 Å². The van der Waals surface area contributed by atoms with Gasteiger partial charge >= 0.3 is 0 Å². The lowest BCUT2D eigenvalue weighted by Gasteiger charge is -2.18. The van der Waals surface area contributed by atoms with Gasteiger partial charge in [0.25, 0.3) is 0 Å². The third-order valence-corrected chi connectivity index (χ3v) is 5.58. The number of guanidine groups is 1. The molecule has 6 nitrogen and oxygen atoms in total. The van der Waals surface area contributed by atoms with Crippen LogP contribution < -0.4 is 10.6 Å². The van der Waals surface area contributed by atoms with Gasteiger partial charge in [-0.25, -0.2) is 4.68 Å². The van der Waals surface area contributed by atoms with Gasteiger partial charge in [-0.3, -0.25) is 4.99 Å². The number of rotatable bonds is 8. The summed E-state index contributed by atoms with van der Waals surface area (Å²) >= 11 is 0. The Hall–Kier alpha value is -3.12. The molecule has 1 aliphatic heterocycles. The van der Waals surface area contributed by atoms with Crippen molar-refractivity contribution in [3.05, 3.63) is 84.2 Å². The molecule has 1 saturated heterocycles. The Morgan fingerprint density at radius 1 is 1.10 bits per heavy atom. The second-order valence-electron chi connectivity index (χ2n) is 7.76. The zero-order valence-corrected chi connectivity index (χ0v) is 18.1. The molecule has 3 aromatic rings. The molecule has 2 heterocycles. The van der Waals surface area contributed by atoms with Crippen LogP contribution in [-0.4, -0.2) is 42.0 Å². The maximum absolute atomic E-state index is 6.00. The van der Waals surface area contributed by atoms with Gasteiger partial charge in [-0.15, -0.1) is 0 Å². The number of hydrogen-bond acceptors (Lipinski definition) is 3. The zero-order chi connectivity index (χ0) is 21.3. The van der Waals surface area contributed by atoms with E-state index in [1.165, 1.54) is 11.1 Å². The average Bonchev–Trinajstić information content (AvgIpc) is 3.51. The first kappa shape index (κ1) is 21.1. The van der Waals surface area contributed by atoms with E-state index in [-0.39, 0.29) is 6.10 Å². The zero-order valence-electron chi connectivity index (χ0n) is 18.1. The van der Waals surface area contributed by atoms with Gasteiger partial charge < -0.3 is 15.4 Å². The van der Waals surface area contributed by atoms with Crippen molar-refractivity contribution in [3.8, 4) is 5.69 Å². The highest BCUT2D eigenvalue weighted by molar-refractivity contribution is 5.79. The molecule has 1 aromatic heterocycles. The molecule has 0 spiro atoms. The van der Waals surface area contributed by atoms with Gasteiger partial charge in [0.05, 0.1) is 11.8 Å². The smallest absolute Gasteiger partial charge is 0.191 e. The molecule has 2 N–H and O–H groups in total. The number of nitrogens with zero attached hydrogens (tertiary/aromatic N) is 3. The third-order valence-electron chi connectivity index (χ3n) is 5.58. The van der Waals surface area contributed by atoms with Crippen LogP contribution in [0, 0.1) is 5.92 Å². The third kappa shape index (κ3) is 5.73. The molecule has 0 aliphatic carbocycles. The summed E-state index contributed by atoms with van der Waals surface area (Å²) in [5.74, 6) is 1.28. The minimum absolute atomic E-state index is 0.140. The molecule has 0 amide bonds. The van der Waals surface area contributed by atoms with Gasteiger partial charge in [0.15, 0.2) is 5.96 Å². The van der Waals surface area contributed by atoms with Gasteiger partial charge in [-0.1, -0.05) is 42.5 Å². The summed E-state index contributed by atoms with van der Waals surface area (Å²) in [5, 5.41) is 11.1. The monoisotopic (exact) mass is 417 g/mol. The van der Waals surface area contributed by atoms with Crippen LogP contribution in [0.1, 0.15) is 30.6 Å². The minimum atomic E-state index is 0.140. The predicted molar refractivity (Wildman–Crippen MR) is 124 cm³/mol. The summed E-state index contributed by atoms with van der Waals surface area (Å²) in [6, 6.07) is 20.9. The van der Waals surface area contributed by atoms with Crippen molar-refractivity contribution in [2.75, 3.05) is 26.2 Å². The Bertz CT molecular complexity index is 938. The van der Waals surface area contributed by atoms with E-state index < -0.39 is 0 Å².